The molecule has 0 amide bonds. The normalized spacial score (nSPS) is 12.1. The maximum atomic E-state index is 11.2. The van der Waals surface area contributed by atoms with Gasteiger partial charge >= 0.3 is 0 Å². The third kappa shape index (κ3) is 4.19. The molecule has 1 rings (SSSR count). The molecule has 94 valence electrons. The first-order valence-electron chi connectivity index (χ1n) is 5.54. The molecule has 0 radical (unpaired) electrons. The zero-order valence-electron chi connectivity index (χ0n) is 10.2. The SMILES string of the molecule is CCS(=O)CCNc1ccc(C(C)=O)c(N)c1. The van der Waals surface area contributed by atoms with Crippen molar-refractivity contribution in [3.8, 4) is 0 Å². The maximum Gasteiger partial charge on any atom is 0.161 e. The van der Waals surface area contributed by atoms with Crippen LogP contribution in [-0.2, 0) is 10.8 Å². The summed E-state index contributed by atoms with van der Waals surface area (Å²) < 4.78 is 11.2. The van der Waals surface area contributed by atoms with Crippen LogP contribution in [-0.4, -0.2) is 28.0 Å². The molecule has 0 saturated carbocycles. The molecule has 1 aromatic carbocycles. The molecular weight excluding hydrogens is 236 g/mol. The van der Waals surface area contributed by atoms with Gasteiger partial charge in [0.25, 0.3) is 0 Å². The van der Waals surface area contributed by atoms with E-state index in [1.165, 1.54) is 6.92 Å². The largest absolute Gasteiger partial charge is 0.398 e. The Labute approximate surface area is 104 Å². The lowest BCUT2D eigenvalue weighted by Crippen LogP contribution is -2.12. The van der Waals surface area contributed by atoms with Crippen LogP contribution in [0.15, 0.2) is 18.2 Å². The van der Waals surface area contributed by atoms with Crippen LogP contribution in [0.25, 0.3) is 0 Å². The van der Waals surface area contributed by atoms with Crippen LogP contribution in [0, 0.1) is 0 Å². The monoisotopic (exact) mass is 254 g/mol. The lowest BCUT2D eigenvalue weighted by Gasteiger charge is -2.08. The first-order chi connectivity index (χ1) is 8.04. The number of rotatable bonds is 6. The molecule has 0 spiro atoms. The molecule has 0 fully saturated rings. The fourth-order valence-electron chi connectivity index (χ4n) is 1.45. The summed E-state index contributed by atoms with van der Waals surface area (Å²) in [5.41, 5.74) is 7.61. The standard InChI is InChI=1S/C12H18N2O2S/c1-3-17(16)7-6-14-10-4-5-11(9(2)15)12(13)8-10/h4-5,8,14H,3,6-7,13H2,1-2H3. The number of nitrogens with two attached hydrogens (primary N) is 1. The minimum atomic E-state index is -0.766. The number of nitrogens with one attached hydrogen (secondary N) is 1. The second-order valence-corrected chi connectivity index (χ2v) is 5.58. The number of carbonyl (C=O) groups is 1. The topological polar surface area (TPSA) is 72.2 Å². The van der Waals surface area contributed by atoms with Crippen LogP contribution < -0.4 is 11.1 Å². The van der Waals surface area contributed by atoms with Crippen molar-refractivity contribution in [2.45, 2.75) is 13.8 Å². The number of hydrogen-bond donors (Lipinski definition) is 2. The van der Waals surface area contributed by atoms with Crippen molar-refractivity contribution in [3.05, 3.63) is 23.8 Å². The fourth-order valence-corrected chi connectivity index (χ4v) is 2.07. The van der Waals surface area contributed by atoms with Crippen molar-refractivity contribution in [3.63, 3.8) is 0 Å². The highest BCUT2D eigenvalue weighted by Gasteiger charge is 2.05. The highest BCUT2D eigenvalue weighted by Crippen LogP contribution is 2.18. The van der Waals surface area contributed by atoms with Gasteiger partial charge in [0, 0.05) is 45.8 Å². The van der Waals surface area contributed by atoms with Gasteiger partial charge in [-0.05, 0) is 25.1 Å². The quantitative estimate of drug-likeness (QED) is 0.598. The van der Waals surface area contributed by atoms with E-state index in [1.54, 1.807) is 12.1 Å². The first kappa shape index (κ1) is 13.7. The number of hydrogen-bond acceptors (Lipinski definition) is 4. The molecule has 4 nitrogen and oxygen atoms in total. The predicted octanol–water partition coefficient (Wildman–Crippen LogP) is 1.65. The van der Waals surface area contributed by atoms with Crippen LogP contribution >= 0.6 is 0 Å². The smallest absolute Gasteiger partial charge is 0.161 e. The summed E-state index contributed by atoms with van der Waals surface area (Å²) in [7, 11) is -0.766. The van der Waals surface area contributed by atoms with Crippen LogP contribution in [0.1, 0.15) is 24.2 Å². The van der Waals surface area contributed by atoms with Gasteiger partial charge in [-0.15, -0.1) is 0 Å². The fraction of sp³-hybridized carbons (Fsp3) is 0.417. The molecule has 0 aliphatic heterocycles. The molecule has 1 aromatic rings. The number of carbonyl (C=O) groups excluding carboxylic acids is 1. The van der Waals surface area contributed by atoms with Gasteiger partial charge in [-0.1, -0.05) is 6.92 Å². The van der Waals surface area contributed by atoms with Crippen LogP contribution in [0.5, 0.6) is 0 Å². The molecule has 0 bridgehead atoms. The van der Waals surface area contributed by atoms with Crippen LogP contribution in [0.4, 0.5) is 11.4 Å². The number of ketones is 1. The summed E-state index contributed by atoms with van der Waals surface area (Å²) >= 11 is 0. The molecule has 0 aromatic heterocycles. The van der Waals surface area contributed by atoms with E-state index < -0.39 is 10.8 Å². The second kappa shape index (κ2) is 6.39. The third-order valence-corrected chi connectivity index (χ3v) is 3.72. The van der Waals surface area contributed by atoms with E-state index in [4.69, 9.17) is 5.73 Å². The van der Waals surface area contributed by atoms with E-state index in [0.717, 1.165) is 5.69 Å². The first-order valence-corrected chi connectivity index (χ1v) is 7.02. The van der Waals surface area contributed by atoms with Gasteiger partial charge in [-0.2, -0.15) is 0 Å². The summed E-state index contributed by atoms with van der Waals surface area (Å²) in [4.78, 5) is 11.2. The van der Waals surface area contributed by atoms with Crippen molar-refractivity contribution >= 4 is 28.0 Å². The van der Waals surface area contributed by atoms with Crippen molar-refractivity contribution in [1.82, 2.24) is 0 Å². The molecule has 0 aliphatic carbocycles. The van der Waals surface area contributed by atoms with Crippen molar-refractivity contribution in [2.24, 2.45) is 0 Å². The van der Waals surface area contributed by atoms with E-state index in [2.05, 4.69) is 5.32 Å². The predicted molar refractivity (Wildman–Crippen MR) is 72.9 cm³/mol. The highest BCUT2D eigenvalue weighted by molar-refractivity contribution is 7.84. The zero-order valence-corrected chi connectivity index (χ0v) is 11.0. The molecule has 0 saturated heterocycles. The lowest BCUT2D eigenvalue weighted by molar-refractivity contribution is 0.101. The van der Waals surface area contributed by atoms with E-state index in [1.807, 2.05) is 13.0 Å². The minimum Gasteiger partial charge on any atom is -0.398 e. The van der Waals surface area contributed by atoms with Crippen LogP contribution in [0.2, 0.25) is 0 Å². The summed E-state index contributed by atoms with van der Waals surface area (Å²) in [5, 5.41) is 3.13. The summed E-state index contributed by atoms with van der Waals surface area (Å²) in [6, 6.07) is 5.24. The van der Waals surface area contributed by atoms with E-state index in [-0.39, 0.29) is 5.78 Å². The van der Waals surface area contributed by atoms with Gasteiger partial charge in [0.1, 0.15) is 0 Å². The average molecular weight is 254 g/mol. The molecule has 17 heavy (non-hydrogen) atoms. The summed E-state index contributed by atoms with van der Waals surface area (Å²) in [6.07, 6.45) is 0. The van der Waals surface area contributed by atoms with Crippen molar-refractivity contribution in [2.75, 3.05) is 29.1 Å². The molecule has 0 aliphatic rings. The molecule has 1 atom stereocenters. The number of anilines is 2. The zero-order chi connectivity index (χ0) is 12.8. The van der Waals surface area contributed by atoms with Gasteiger partial charge in [-0.3, -0.25) is 9.00 Å². The summed E-state index contributed by atoms with van der Waals surface area (Å²) in [6.45, 7) is 4.03. The van der Waals surface area contributed by atoms with Gasteiger partial charge in [-0.25, -0.2) is 0 Å². The Morgan fingerprint density at radius 3 is 2.71 bits per heavy atom. The second-order valence-electron chi connectivity index (χ2n) is 3.72. The Hall–Kier alpha value is -1.36. The molecule has 0 heterocycles. The molecule has 1 unspecified atom stereocenters. The van der Waals surface area contributed by atoms with Gasteiger partial charge in [0.05, 0.1) is 0 Å². The number of nitrogen functional groups attached to an aromatic ring is 1. The number of benzene rings is 1. The van der Waals surface area contributed by atoms with Crippen molar-refractivity contribution in [1.29, 1.82) is 0 Å². The maximum absolute atomic E-state index is 11.2. The van der Waals surface area contributed by atoms with E-state index in [0.29, 0.717) is 29.3 Å². The van der Waals surface area contributed by atoms with Gasteiger partial charge in [0.15, 0.2) is 5.78 Å². The van der Waals surface area contributed by atoms with E-state index in [9.17, 15) is 9.00 Å². The molecule has 5 heteroatoms. The minimum absolute atomic E-state index is 0.0406. The third-order valence-electron chi connectivity index (χ3n) is 2.41. The van der Waals surface area contributed by atoms with Crippen molar-refractivity contribution < 1.29 is 9.00 Å². The summed E-state index contributed by atoms with van der Waals surface area (Å²) in [5.74, 6) is 1.25. The Balaban J connectivity index is 2.59. The molecule has 3 N–H and O–H groups in total. The number of Topliss-reactive ketones (excluding diaryl/α,β-unsaturated/α-hetero) is 1. The Kier molecular flexibility index (Phi) is 5.15. The lowest BCUT2D eigenvalue weighted by atomic mass is 10.1. The molecular formula is C12H18N2O2S. The van der Waals surface area contributed by atoms with Gasteiger partial charge < -0.3 is 11.1 Å². The Bertz CT molecular complexity index is 433. The Morgan fingerprint density at radius 2 is 2.18 bits per heavy atom. The average Bonchev–Trinajstić information content (AvgIpc) is 2.28. The van der Waals surface area contributed by atoms with E-state index >= 15 is 0 Å². The van der Waals surface area contributed by atoms with Gasteiger partial charge in [0.2, 0.25) is 0 Å². The Morgan fingerprint density at radius 1 is 1.47 bits per heavy atom. The highest BCUT2D eigenvalue weighted by atomic mass is 32.2. The van der Waals surface area contributed by atoms with Crippen LogP contribution in [0.3, 0.4) is 0 Å².